The number of carbonyl (C=O) groups is 1. The van der Waals surface area contributed by atoms with Crippen LogP contribution >= 0.6 is 28.1 Å². The van der Waals surface area contributed by atoms with Crippen molar-refractivity contribution in [2.24, 2.45) is 0 Å². The molecule has 2 rings (SSSR count). The highest BCUT2D eigenvalue weighted by molar-refractivity contribution is 9.10. The van der Waals surface area contributed by atoms with Gasteiger partial charge < -0.3 is 15.0 Å². The SMILES string of the molecule is CCN(CC)C(=S)Oc1ccc(Br)cc1C(=O)NCCc1ccncc1. The molecule has 7 heteroatoms. The van der Waals surface area contributed by atoms with Crippen LogP contribution < -0.4 is 10.1 Å². The molecule has 1 aromatic heterocycles. The molecule has 0 aliphatic carbocycles. The highest BCUT2D eigenvalue weighted by Gasteiger charge is 2.16. The monoisotopic (exact) mass is 435 g/mol. The minimum absolute atomic E-state index is 0.197. The number of carbonyl (C=O) groups excluding carboxylic acids is 1. The Morgan fingerprint density at radius 2 is 1.92 bits per heavy atom. The highest BCUT2D eigenvalue weighted by atomic mass is 79.9. The second kappa shape index (κ2) is 10.2. The van der Waals surface area contributed by atoms with Crippen LogP contribution in [0.25, 0.3) is 0 Å². The molecule has 2 aromatic rings. The van der Waals surface area contributed by atoms with Crippen LogP contribution in [0, 0.1) is 0 Å². The van der Waals surface area contributed by atoms with E-state index in [0.717, 1.165) is 29.5 Å². The van der Waals surface area contributed by atoms with Crippen LogP contribution in [0.3, 0.4) is 0 Å². The molecule has 5 nitrogen and oxygen atoms in total. The van der Waals surface area contributed by atoms with Gasteiger partial charge in [0, 0.05) is 36.5 Å². The number of benzene rings is 1. The van der Waals surface area contributed by atoms with Crippen molar-refractivity contribution in [3.8, 4) is 5.75 Å². The number of rotatable bonds is 7. The molecule has 26 heavy (non-hydrogen) atoms. The smallest absolute Gasteiger partial charge is 0.264 e. The summed E-state index contributed by atoms with van der Waals surface area (Å²) in [4.78, 5) is 18.5. The molecule has 0 aliphatic heterocycles. The molecular formula is C19H22BrN3O2S. The van der Waals surface area contributed by atoms with E-state index in [0.29, 0.717) is 23.0 Å². The minimum atomic E-state index is -0.197. The number of hydrogen-bond donors (Lipinski definition) is 1. The summed E-state index contributed by atoms with van der Waals surface area (Å²) >= 11 is 8.75. The molecule has 0 saturated heterocycles. The van der Waals surface area contributed by atoms with Crippen LogP contribution in [-0.2, 0) is 6.42 Å². The van der Waals surface area contributed by atoms with Gasteiger partial charge in [0.25, 0.3) is 11.1 Å². The van der Waals surface area contributed by atoms with Gasteiger partial charge in [-0.2, -0.15) is 0 Å². The van der Waals surface area contributed by atoms with Crippen molar-refractivity contribution in [2.75, 3.05) is 19.6 Å². The van der Waals surface area contributed by atoms with Gasteiger partial charge in [0.1, 0.15) is 5.75 Å². The zero-order valence-corrected chi connectivity index (χ0v) is 17.3. The Labute approximate surface area is 167 Å². The van der Waals surface area contributed by atoms with E-state index in [4.69, 9.17) is 17.0 Å². The number of halogens is 1. The lowest BCUT2D eigenvalue weighted by atomic mass is 10.1. The van der Waals surface area contributed by atoms with Crippen molar-refractivity contribution in [1.29, 1.82) is 0 Å². The zero-order valence-electron chi connectivity index (χ0n) is 14.9. The summed E-state index contributed by atoms with van der Waals surface area (Å²) in [7, 11) is 0. The van der Waals surface area contributed by atoms with Gasteiger partial charge in [-0.1, -0.05) is 15.9 Å². The largest absolute Gasteiger partial charge is 0.431 e. The fourth-order valence-corrected chi connectivity index (χ4v) is 3.08. The Balaban J connectivity index is 2.05. The molecular weight excluding hydrogens is 414 g/mol. The summed E-state index contributed by atoms with van der Waals surface area (Å²) in [6.45, 7) is 6.04. The van der Waals surface area contributed by atoms with Crippen molar-refractivity contribution in [3.05, 3.63) is 58.3 Å². The van der Waals surface area contributed by atoms with E-state index in [1.165, 1.54) is 0 Å². The third-order valence-corrected chi connectivity index (χ3v) is 4.69. The molecule has 0 unspecified atom stereocenters. The predicted octanol–water partition coefficient (Wildman–Crippen LogP) is 3.82. The molecule has 1 aromatic carbocycles. The third kappa shape index (κ3) is 5.78. The number of aromatic nitrogens is 1. The first-order valence-electron chi connectivity index (χ1n) is 8.48. The van der Waals surface area contributed by atoms with Crippen molar-refractivity contribution in [1.82, 2.24) is 15.2 Å². The van der Waals surface area contributed by atoms with E-state index >= 15 is 0 Å². The first kappa shape index (κ1) is 20.3. The molecule has 0 bridgehead atoms. The first-order chi connectivity index (χ1) is 12.5. The van der Waals surface area contributed by atoms with Gasteiger partial charge in [-0.3, -0.25) is 9.78 Å². The average molecular weight is 436 g/mol. The second-order valence-electron chi connectivity index (χ2n) is 5.54. The average Bonchev–Trinajstić information content (AvgIpc) is 2.65. The van der Waals surface area contributed by atoms with E-state index < -0.39 is 0 Å². The minimum Gasteiger partial charge on any atom is -0.431 e. The van der Waals surface area contributed by atoms with E-state index in [1.54, 1.807) is 24.5 Å². The summed E-state index contributed by atoms with van der Waals surface area (Å²) in [5.41, 5.74) is 1.57. The van der Waals surface area contributed by atoms with Crippen LogP contribution in [0.4, 0.5) is 0 Å². The molecule has 0 aliphatic rings. The maximum atomic E-state index is 12.6. The van der Waals surface area contributed by atoms with E-state index in [-0.39, 0.29) is 5.91 Å². The number of nitrogens with one attached hydrogen (secondary N) is 1. The number of pyridine rings is 1. The lowest BCUT2D eigenvalue weighted by molar-refractivity contribution is 0.0952. The topological polar surface area (TPSA) is 54.5 Å². The highest BCUT2D eigenvalue weighted by Crippen LogP contribution is 2.24. The Morgan fingerprint density at radius 3 is 2.58 bits per heavy atom. The fraction of sp³-hybridized carbons (Fsp3) is 0.316. The van der Waals surface area contributed by atoms with Gasteiger partial charge >= 0.3 is 0 Å². The molecule has 0 spiro atoms. The standard InChI is InChI=1S/C19H22BrN3O2S/c1-3-23(4-2)19(26)25-17-6-5-15(20)13-16(17)18(24)22-12-9-14-7-10-21-11-8-14/h5-8,10-11,13H,3-4,9,12H2,1-2H3,(H,22,24). The summed E-state index contributed by atoms with van der Waals surface area (Å²) in [5.74, 6) is 0.254. The van der Waals surface area contributed by atoms with Gasteiger partial charge in [0.2, 0.25) is 0 Å². The van der Waals surface area contributed by atoms with Crippen molar-refractivity contribution < 1.29 is 9.53 Å². The van der Waals surface area contributed by atoms with Crippen LogP contribution in [-0.4, -0.2) is 40.6 Å². The Kier molecular flexibility index (Phi) is 8.00. The van der Waals surface area contributed by atoms with Gasteiger partial charge in [-0.15, -0.1) is 0 Å². The fourth-order valence-electron chi connectivity index (χ4n) is 2.37. The summed E-state index contributed by atoms with van der Waals surface area (Å²) in [5, 5.41) is 3.29. The van der Waals surface area contributed by atoms with E-state index in [2.05, 4.69) is 26.2 Å². The van der Waals surface area contributed by atoms with Crippen LogP contribution in [0.15, 0.2) is 47.2 Å². The van der Waals surface area contributed by atoms with E-state index in [1.807, 2.05) is 36.9 Å². The van der Waals surface area contributed by atoms with Crippen LogP contribution in [0.5, 0.6) is 5.75 Å². The Morgan fingerprint density at radius 1 is 1.23 bits per heavy atom. The second-order valence-corrected chi connectivity index (χ2v) is 6.81. The molecule has 0 radical (unpaired) electrons. The zero-order chi connectivity index (χ0) is 18.9. The molecule has 1 heterocycles. The lowest BCUT2D eigenvalue weighted by Crippen LogP contribution is -2.33. The number of ether oxygens (including phenoxy) is 1. The number of amides is 1. The quantitative estimate of drug-likeness (QED) is 0.669. The summed E-state index contributed by atoms with van der Waals surface area (Å²) in [6, 6.07) is 9.18. The molecule has 0 saturated carbocycles. The predicted molar refractivity (Wildman–Crippen MR) is 111 cm³/mol. The third-order valence-electron chi connectivity index (χ3n) is 3.85. The van der Waals surface area contributed by atoms with Gasteiger partial charge in [-0.25, -0.2) is 0 Å². The number of thiocarbonyl (C=S) groups is 1. The summed E-state index contributed by atoms with van der Waals surface area (Å²) in [6.07, 6.45) is 4.22. The van der Waals surface area contributed by atoms with Crippen molar-refractivity contribution in [3.63, 3.8) is 0 Å². The first-order valence-corrected chi connectivity index (χ1v) is 9.68. The number of nitrogens with zero attached hydrogens (tertiary/aromatic N) is 2. The lowest BCUT2D eigenvalue weighted by Gasteiger charge is -2.22. The maximum absolute atomic E-state index is 12.6. The van der Waals surface area contributed by atoms with Gasteiger partial charge in [0.15, 0.2) is 0 Å². The van der Waals surface area contributed by atoms with Crippen LogP contribution in [0.1, 0.15) is 29.8 Å². The van der Waals surface area contributed by atoms with Gasteiger partial charge in [-0.05, 0) is 68.4 Å². The molecule has 0 atom stereocenters. The van der Waals surface area contributed by atoms with Crippen LogP contribution in [0.2, 0.25) is 0 Å². The van der Waals surface area contributed by atoms with E-state index in [9.17, 15) is 4.79 Å². The molecule has 1 N–H and O–H groups in total. The molecule has 1 amide bonds. The normalized spacial score (nSPS) is 10.3. The Bertz CT molecular complexity index is 752. The number of hydrogen-bond acceptors (Lipinski definition) is 4. The summed E-state index contributed by atoms with van der Waals surface area (Å²) < 4.78 is 6.60. The van der Waals surface area contributed by atoms with Crippen molar-refractivity contribution >= 4 is 39.2 Å². The Hall–Kier alpha value is -1.99. The van der Waals surface area contributed by atoms with Crippen molar-refractivity contribution in [2.45, 2.75) is 20.3 Å². The molecule has 0 fully saturated rings. The molecule has 138 valence electrons. The van der Waals surface area contributed by atoms with Gasteiger partial charge in [0.05, 0.1) is 5.56 Å². The maximum Gasteiger partial charge on any atom is 0.264 e.